The minimum absolute atomic E-state index is 0.0236. The zero-order valence-electron chi connectivity index (χ0n) is 18.4. The van der Waals surface area contributed by atoms with Crippen LogP contribution in [-0.4, -0.2) is 41.6 Å². The van der Waals surface area contributed by atoms with Gasteiger partial charge in [0.15, 0.2) is 16.6 Å². The molecule has 8 nitrogen and oxygen atoms in total. The molecule has 0 bridgehead atoms. The standard InChI is InChI=1S/C25H22N2O6S/c1-2-9-31-17-5-3-4-15(13-17)21-20(23(29)24(30)27(21)25-26-8-12-34-25)22(28)16-6-7-18-19(14-16)33-11-10-32-18/h3-8,12-14,21,28H,2,9-11H2,1H3/b22-20-. The van der Waals surface area contributed by atoms with Crippen molar-refractivity contribution < 1.29 is 28.9 Å². The van der Waals surface area contributed by atoms with E-state index < -0.39 is 17.7 Å². The second-order valence-corrected chi connectivity index (χ2v) is 8.64. The molecule has 1 aromatic heterocycles. The Morgan fingerprint density at radius 2 is 2.00 bits per heavy atom. The topological polar surface area (TPSA) is 98.2 Å². The number of thiazole rings is 1. The second-order valence-electron chi connectivity index (χ2n) is 7.76. The highest BCUT2D eigenvalue weighted by atomic mass is 32.1. The molecule has 1 unspecified atom stereocenters. The van der Waals surface area contributed by atoms with E-state index in [1.165, 1.54) is 16.2 Å². The summed E-state index contributed by atoms with van der Waals surface area (Å²) in [5, 5.41) is 13.4. The van der Waals surface area contributed by atoms with Crippen LogP contribution in [0.3, 0.4) is 0 Å². The molecule has 1 N–H and O–H groups in total. The summed E-state index contributed by atoms with van der Waals surface area (Å²) in [6, 6.07) is 11.2. The largest absolute Gasteiger partial charge is 0.507 e. The first-order valence-electron chi connectivity index (χ1n) is 10.9. The maximum absolute atomic E-state index is 13.2. The first-order chi connectivity index (χ1) is 16.6. The third kappa shape index (κ3) is 3.88. The summed E-state index contributed by atoms with van der Waals surface area (Å²) in [6.07, 6.45) is 2.41. The summed E-state index contributed by atoms with van der Waals surface area (Å²) in [7, 11) is 0. The highest BCUT2D eigenvalue weighted by Crippen LogP contribution is 2.44. The average molecular weight is 479 g/mol. The Morgan fingerprint density at radius 3 is 2.76 bits per heavy atom. The van der Waals surface area contributed by atoms with E-state index in [0.29, 0.717) is 53.3 Å². The van der Waals surface area contributed by atoms with Crippen LogP contribution in [0.1, 0.15) is 30.5 Å². The molecule has 174 valence electrons. The van der Waals surface area contributed by atoms with Crippen molar-refractivity contribution in [3.8, 4) is 17.2 Å². The van der Waals surface area contributed by atoms with Gasteiger partial charge in [0.1, 0.15) is 24.7 Å². The van der Waals surface area contributed by atoms with Gasteiger partial charge in [0.05, 0.1) is 18.2 Å². The summed E-state index contributed by atoms with van der Waals surface area (Å²) in [5.41, 5.74) is 0.955. The number of hydrogen-bond acceptors (Lipinski definition) is 8. The molecular formula is C25H22N2O6S. The number of Topliss-reactive ketones (excluding diaryl/α,β-unsaturated/α-hetero) is 1. The number of aliphatic hydroxyl groups is 1. The number of carbonyl (C=O) groups excluding carboxylic acids is 2. The molecule has 0 spiro atoms. The minimum atomic E-state index is -0.871. The number of benzene rings is 2. The van der Waals surface area contributed by atoms with E-state index >= 15 is 0 Å². The Morgan fingerprint density at radius 1 is 1.18 bits per heavy atom. The van der Waals surface area contributed by atoms with Crippen molar-refractivity contribution in [1.82, 2.24) is 4.98 Å². The van der Waals surface area contributed by atoms with Crippen LogP contribution in [0.25, 0.3) is 5.76 Å². The van der Waals surface area contributed by atoms with Crippen molar-refractivity contribution in [3.63, 3.8) is 0 Å². The number of anilines is 1. The molecule has 3 heterocycles. The van der Waals surface area contributed by atoms with E-state index in [9.17, 15) is 14.7 Å². The number of ketones is 1. The van der Waals surface area contributed by atoms with Gasteiger partial charge in [-0.15, -0.1) is 11.3 Å². The molecule has 2 aliphatic rings. The van der Waals surface area contributed by atoms with Gasteiger partial charge in [-0.1, -0.05) is 19.1 Å². The molecule has 0 aliphatic carbocycles. The Kier molecular flexibility index (Phi) is 5.93. The average Bonchev–Trinajstić information content (AvgIpc) is 3.49. The molecule has 1 saturated heterocycles. The van der Waals surface area contributed by atoms with Crippen molar-refractivity contribution in [2.24, 2.45) is 0 Å². The number of ether oxygens (including phenoxy) is 3. The van der Waals surface area contributed by atoms with Crippen LogP contribution in [-0.2, 0) is 9.59 Å². The van der Waals surface area contributed by atoms with E-state index in [4.69, 9.17) is 14.2 Å². The van der Waals surface area contributed by atoms with Gasteiger partial charge in [-0.25, -0.2) is 4.98 Å². The molecule has 2 aromatic carbocycles. The first kappa shape index (κ1) is 22.0. The zero-order chi connectivity index (χ0) is 23.7. The fraction of sp³-hybridized carbons (Fsp3) is 0.240. The highest BCUT2D eigenvalue weighted by Gasteiger charge is 2.48. The molecule has 0 saturated carbocycles. The van der Waals surface area contributed by atoms with Gasteiger partial charge >= 0.3 is 5.91 Å². The summed E-state index contributed by atoms with van der Waals surface area (Å²) in [4.78, 5) is 32.0. The Balaban J connectivity index is 1.65. The van der Waals surface area contributed by atoms with Gasteiger partial charge in [-0.3, -0.25) is 14.5 Å². The first-order valence-corrected chi connectivity index (χ1v) is 11.8. The lowest BCUT2D eigenvalue weighted by molar-refractivity contribution is -0.132. The third-order valence-electron chi connectivity index (χ3n) is 5.53. The minimum Gasteiger partial charge on any atom is -0.507 e. The molecule has 1 atom stereocenters. The van der Waals surface area contributed by atoms with Crippen LogP contribution in [0.15, 0.2) is 59.6 Å². The second kappa shape index (κ2) is 9.18. The highest BCUT2D eigenvalue weighted by molar-refractivity contribution is 7.14. The lowest BCUT2D eigenvalue weighted by Gasteiger charge is -2.23. The summed E-state index contributed by atoms with van der Waals surface area (Å²) >= 11 is 1.24. The maximum Gasteiger partial charge on any atom is 0.301 e. The molecule has 0 radical (unpaired) electrons. The number of amides is 1. The van der Waals surface area contributed by atoms with E-state index in [1.54, 1.807) is 48.0 Å². The van der Waals surface area contributed by atoms with Crippen LogP contribution in [0.5, 0.6) is 17.2 Å². The van der Waals surface area contributed by atoms with Crippen molar-refractivity contribution in [1.29, 1.82) is 0 Å². The van der Waals surface area contributed by atoms with Crippen LogP contribution in [0.4, 0.5) is 5.13 Å². The van der Waals surface area contributed by atoms with Crippen molar-refractivity contribution in [3.05, 3.63) is 70.7 Å². The number of aliphatic hydroxyl groups excluding tert-OH is 1. The van der Waals surface area contributed by atoms with E-state index in [-0.39, 0.29) is 11.3 Å². The van der Waals surface area contributed by atoms with Crippen LogP contribution < -0.4 is 19.1 Å². The number of hydrogen-bond donors (Lipinski definition) is 1. The lowest BCUT2D eigenvalue weighted by Crippen LogP contribution is -2.29. The Bertz CT molecular complexity index is 1270. The fourth-order valence-electron chi connectivity index (χ4n) is 4.02. The van der Waals surface area contributed by atoms with Gasteiger partial charge in [-0.05, 0) is 42.3 Å². The SMILES string of the molecule is CCCOc1cccc(C2/C(=C(/O)c3ccc4c(c3)OCCO4)C(=O)C(=O)N2c2nccs2)c1. The predicted molar refractivity (Wildman–Crippen MR) is 127 cm³/mol. The lowest BCUT2D eigenvalue weighted by atomic mass is 9.95. The predicted octanol–water partition coefficient (Wildman–Crippen LogP) is 4.33. The molecule has 1 amide bonds. The van der Waals surface area contributed by atoms with Gasteiger partial charge in [0.2, 0.25) is 0 Å². The molecule has 3 aromatic rings. The van der Waals surface area contributed by atoms with Crippen molar-refractivity contribution >= 4 is 33.9 Å². The number of aromatic nitrogens is 1. The third-order valence-corrected chi connectivity index (χ3v) is 6.30. The van der Waals surface area contributed by atoms with Crippen molar-refractivity contribution in [2.75, 3.05) is 24.7 Å². The molecule has 1 fully saturated rings. The maximum atomic E-state index is 13.2. The number of nitrogens with zero attached hydrogens (tertiary/aromatic N) is 2. The van der Waals surface area contributed by atoms with E-state index in [1.807, 2.05) is 13.0 Å². The molecule has 34 heavy (non-hydrogen) atoms. The van der Waals surface area contributed by atoms with Crippen LogP contribution in [0, 0.1) is 0 Å². The molecule has 9 heteroatoms. The van der Waals surface area contributed by atoms with Gasteiger partial charge in [-0.2, -0.15) is 0 Å². The van der Waals surface area contributed by atoms with Gasteiger partial charge in [0.25, 0.3) is 5.78 Å². The molecule has 2 aliphatic heterocycles. The fourth-order valence-corrected chi connectivity index (χ4v) is 4.69. The van der Waals surface area contributed by atoms with E-state index in [2.05, 4.69) is 4.98 Å². The Labute approximate surface area is 200 Å². The number of carbonyl (C=O) groups is 2. The number of fused-ring (bicyclic) bond motifs is 1. The van der Waals surface area contributed by atoms with Gasteiger partial charge < -0.3 is 19.3 Å². The quantitative estimate of drug-likeness (QED) is 0.320. The smallest absolute Gasteiger partial charge is 0.301 e. The van der Waals surface area contributed by atoms with Crippen LogP contribution >= 0.6 is 11.3 Å². The van der Waals surface area contributed by atoms with Crippen molar-refractivity contribution in [2.45, 2.75) is 19.4 Å². The number of rotatable bonds is 6. The molecule has 5 rings (SSSR count). The summed E-state index contributed by atoms with van der Waals surface area (Å²) in [6.45, 7) is 3.37. The van der Waals surface area contributed by atoms with Crippen LogP contribution in [0.2, 0.25) is 0 Å². The van der Waals surface area contributed by atoms with Gasteiger partial charge in [0, 0.05) is 17.1 Å². The monoisotopic (exact) mass is 478 g/mol. The normalized spacial score (nSPS) is 18.9. The summed E-state index contributed by atoms with van der Waals surface area (Å²) < 4.78 is 16.9. The summed E-state index contributed by atoms with van der Waals surface area (Å²) in [5.74, 6) is -0.187. The zero-order valence-corrected chi connectivity index (χ0v) is 19.2. The van der Waals surface area contributed by atoms with E-state index in [0.717, 1.165) is 6.42 Å². The molecular weight excluding hydrogens is 456 g/mol. The Hall–Kier alpha value is -3.85.